The molecule has 1 aliphatic rings. The fourth-order valence-electron chi connectivity index (χ4n) is 2.63. The van der Waals surface area contributed by atoms with E-state index in [0.29, 0.717) is 18.1 Å². The van der Waals surface area contributed by atoms with Crippen molar-refractivity contribution in [2.45, 2.75) is 12.8 Å². The third-order valence-electron chi connectivity index (χ3n) is 3.79. The van der Waals surface area contributed by atoms with Crippen LogP contribution in [0.1, 0.15) is 12.8 Å². The summed E-state index contributed by atoms with van der Waals surface area (Å²) in [6.45, 7) is 1.13. The molecule has 0 radical (unpaired) electrons. The highest BCUT2D eigenvalue weighted by molar-refractivity contribution is 6.00. The Balaban J connectivity index is 1.76. The second-order valence-corrected chi connectivity index (χ2v) is 5.35. The van der Waals surface area contributed by atoms with Crippen molar-refractivity contribution >= 4 is 22.6 Å². The number of ether oxygens (including phenoxy) is 1. The summed E-state index contributed by atoms with van der Waals surface area (Å²) in [5.74, 6) is 0.972. The van der Waals surface area contributed by atoms with Gasteiger partial charge in [-0.25, -0.2) is 4.39 Å². The average molecular weight is 306 g/mol. The zero-order valence-electron chi connectivity index (χ0n) is 12.2. The molecule has 0 unspecified atom stereocenters. The fourth-order valence-corrected chi connectivity index (χ4v) is 2.63. The van der Waals surface area contributed by atoms with E-state index in [-0.39, 0.29) is 18.4 Å². The number of piperidine rings is 1. The van der Waals surface area contributed by atoms with Crippen molar-refractivity contribution < 1.29 is 13.9 Å². The third-order valence-corrected chi connectivity index (χ3v) is 3.79. The molecule has 118 valence electrons. The number of aromatic amines is 1. The van der Waals surface area contributed by atoms with E-state index in [1.54, 1.807) is 18.2 Å². The number of anilines is 1. The normalized spacial score (nSPS) is 18.3. The van der Waals surface area contributed by atoms with Gasteiger partial charge < -0.3 is 15.4 Å². The number of rotatable bonds is 5. The average Bonchev–Trinajstić information content (AvgIpc) is 2.96. The second-order valence-electron chi connectivity index (χ2n) is 5.35. The van der Waals surface area contributed by atoms with Crippen molar-refractivity contribution in [3.8, 4) is 5.75 Å². The molecule has 0 aliphatic carbocycles. The van der Waals surface area contributed by atoms with Gasteiger partial charge in [-0.05, 0) is 37.6 Å². The van der Waals surface area contributed by atoms with Gasteiger partial charge in [0.2, 0.25) is 5.91 Å². The number of amides is 1. The highest BCUT2D eigenvalue weighted by Gasteiger charge is 2.22. The smallest absolute Gasteiger partial charge is 0.229 e. The minimum Gasteiger partial charge on any atom is -0.491 e. The molecule has 1 aromatic heterocycles. The molecule has 1 atom stereocenters. The van der Waals surface area contributed by atoms with E-state index in [1.807, 2.05) is 0 Å². The summed E-state index contributed by atoms with van der Waals surface area (Å²) in [4.78, 5) is 12.3. The van der Waals surface area contributed by atoms with Crippen LogP contribution in [0.5, 0.6) is 5.75 Å². The number of carbonyl (C=O) groups excluding carboxylic acids is 1. The molecule has 6 nitrogen and oxygen atoms in total. The Labute approximate surface area is 127 Å². The van der Waals surface area contributed by atoms with Gasteiger partial charge in [0.1, 0.15) is 19.0 Å². The highest BCUT2D eigenvalue weighted by atomic mass is 19.1. The van der Waals surface area contributed by atoms with Crippen LogP contribution in [0.15, 0.2) is 18.2 Å². The number of alkyl halides is 1. The van der Waals surface area contributed by atoms with E-state index in [4.69, 9.17) is 4.74 Å². The zero-order valence-corrected chi connectivity index (χ0v) is 12.2. The van der Waals surface area contributed by atoms with Crippen LogP contribution in [-0.4, -0.2) is 42.5 Å². The molecule has 1 fully saturated rings. The first-order chi connectivity index (χ1) is 10.8. The molecule has 7 heteroatoms. The lowest BCUT2D eigenvalue weighted by Gasteiger charge is -2.21. The standard InChI is InChI=1S/C15H19FN4O2/c16-5-7-22-11-3-4-13-12(8-11)14(20-19-13)18-15(21)10-2-1-6-17-9-10/h3-4,8,10,17H,1-2,5-7,9H2,(H2,18,19,20,21)/t10-/m1/s1. The third kappa shape index (κ3) is 3.19. The van der Waals surface area contributed by atoms with Crippen LogP contribution in [-0.2, 0) is 4.79 Å². The molecule has 2 heterocycles. The first kappa shape index (κ1) is 14.8. The Hall–Kier alpha value is -2.15. The molecule has 1 aromatic carbocycles. The minimum absolute atomic E-state index is 0.0127. The number of aromatic nitrogens is 2. The van der Waals surface area contributed by atoms with Gasteiger partial charge in [0, 0.05) is 11.9 Å². The number of benzene rings is 1. The Bertz CT molecular complexity index is 652. The summed E-state index contributed by atoms with van der Waals surface area (Å²) in [5, 5.41) is 13.9. The van der Waals surface area contributed by atoms with E-state index in [9.17, 15) is 9.18 Å². The first-order valence-corrected chi connectivity index (χ1v) is 7.46. The number of carbonyl (C=O) groups is 1. The van der Waals surface area contributed by atoms with E-state index < -0.39 is 6.67 Å². The van der Waals surface area contributed by atoms with Gasteiger partial charge in [-0.15, -0.1) is 0 Å². The van der Waals surface area contributed by atoms with Gasteiger partial charge in [0.05, 0.1) is 11.4 Å². The predicted octanol–water partition coefficient (Wildman–Crippen LogP) is 1.85. The second kappa shape index (κ2) is 6.74. The molecule has 0 spiro atoms. The van der Waals surface area contributed by atoms with Crippen molar-refractivity contribution in [1.29, 1.82) is 0 Å². The molecule has 0 bridgehead atoms. The molecule has 2 aromatic rings. The van der Waals surface area contributed by atoms with Crippen LogP contribution in [0.4, 0.5) is 10.2 Å². The molecule has 1 aliphatic heterocycles. The lowest BCUT2D eigenvalue weighted by Crippen LogP contribution is -2.37. The molecular weight excluding hydrogens is 287 g/mol. The van der Waals surface area contributed by atoms with Crippen LogP contribution in [0.2, 0.25) is 0 Å². The van der Waals surface area contributed by atoms with Gasteiger partial charge in [-0.1, -0.05) is 0 Å². The number of nitrogens with one attached hydrogen (secondary N) is 3. The van der Waals surface area contributed by atoms with Crippen LogP contribution in [0.25, 0.3) is 10.9 Å². The van der Waals surface area contributed by atoms with Crippen molar-refractivity contribution in [1.82, 2.24) is 15.5 Å². The maximum Gasteiger partial charge on any atom is 0.229 e. The predicted molar refractivity (Wildman–Crippen MR) is 81.8 cm³/mol. The summed E-state index contributed by atoms with van der Waals surface area (Å²) in [6, 6.07) is 5.30. The number of nitrogens with zero attached hydrogens (tertiary/aromatic N) is 1. The number of hydrogen-bond acceptors (Lipinski definition) is 4. The minimum atomic E-state index is -0.540. The van der Waals surface area contributed by atoms with Crippen molar-refractivity contribution in [3.63, 3.8) is 0 Å². The molecule has 3 N–H and O–H groups in total. The lowest BCUT2D eigenvalue weighted by molar-refractivity contribution is -0.120. The maximum absolute atomic E-state index is 12.3. The summed E-state index contributed by atoms with van der Waals surface area (Å²) >= 11 is 0. The number of hydrogen-bond donors (Lipinski definition) is 3. The van der Waals surface area contributed by atoms with Gasteiger partial charge in [0.15, 0.2) is 5.82 Å². The fraction of sp³-hybridized carbons (Fsp3) is 0.467. The van der Waals surface area contributed by atoms with Gasteiger partial charge in [-0.2, -0.15) is 5.10 Å². The van der Waals surface area contributed by atoms with Crippen LogP contribution >= 0.6 is 0 Å². The Kier molecular flexibility index (Phi) is 4.53. The first-order valence-electron chi connectivity index (χ1n) is 7.46. The molecular formula is C15H19FN4O2. The summed E-state index contributed by atoms with van der Waals surface area (Å²) in [7, 11) is 0. The number of H-pyrrole nitrogens is 1. The SMILES string of the molecule is O=C(Nc1n[nH]c2ccc(OCCF)cc12)[C@@H]1CCCNC1. The molecule has 0 saturated carbocycles. The van der Waals surface area contributed by atoms with E-state index in [1.165, 1.54) is 0 Å². The molecule has 3 rings (SSSR count). The van der Waals surface area contributed by atoms with Crippen molar-refractivity contribution in [2.75, 3.05) is 31.7 Å². The lowest BCUT2D eigenvalue weighted by atomic mass is 9.99. The highest BCUT2D eigenvalue weighted by Crippen LogP contribution is 2.26. The quantitative estimate of drug-likeness (QED) is 0.787. The van der Waals surface area contributed by atoms with Crippen LogP contribution < -0.4 is 15.4 Å². The van der Waals surface area contributed by atoms with Crippen molar-refractivity contribution in [2.24, 2.45) is 5.92 Å². The summed E-state index contributed by atoms with van der Waals surface area (Å²) < 4.78 is 17.5. The number of halogens is 1. The van der Waals surface area contributed by atoms with E-state index in [0.717, 1.165) is 30.3 Å². The summed E-state index contributed by atoms with van der Waals surface area (Å²) in [6.07, 6.45) is 1.88. The van der Waals surface area contributed by atoms with Crippen LogP contribution in [0, 0.1) is 5.92 Å². The van der Waals surface area contributed by atoms with E-state index in [2.05, 4.69) is 20.8 Å². The van der Waals surface area contributed by atoms with Gasteiger partial charge >= 0.3 is 0 Å². The number of fused-ring (bicyclic) bond motifs is 1. The maximum atomic E-state index is 12.3. The van der Waals surface area contributed by atoms with Crippen molar-refractivity contribution in [3.05, 3.63) is 18.2 Å². The van der Waals surface area contributed by atoms with E-state index >= 15 is 0 Å². The van der Waals surface area contributed by atoms with Gasteiger partial charge in [-0.3, -0.25) is 9.89 Å². The van der Waals surface area contributed by atoms with Gasteiger partial charge in [0.25, 0.3) is 0 Å². The Morgan fingerprint density at radius 2 is 2.41 bits per heavy atom. The molecule has 22 heavy (non-hydrogen) atoms. The Morgan fingerprint density at radius 1 is 1.50 bits per heavy atom. The topological polar surface area (TPSA) is 79.0 Å². The molecule has 1 saturated heterocycles. The monoisotopic (exact) mass is 306 g/mol. The zero-order chi connectivity index (χ0) is 15.4. The summed E-state index contributed by atoms with van der Waals surface area (Å²) in [5.41, 5.74) is 0.796. The van der Waals surface area contributed by atoms with Crippen LogP contribution in [0.3, 0.4) is 0 Å². The Morgan fingerprint density at radius 3 is 3.18 bits per heavy atom. The largest absolute Gasteiger partial charge is 0.491 e. The molecule has 1 amide bonds.